The number of sulfonamides is 1. The number of rotatable bonds is 12. The van der Waals surface area contributed by atoms with Gasteiger partial charge in [0.25, 0.3) is 21.6 Å². The van der Waals surface area contributed by atoms with Crippen LogP contribution < -0.4 is 29.3 Å². The fraction of sp³-hybridized carbons (Fsp3) is 0.500. The number of carbonyl (C=O) groups excluding carboxylic acids is 1. The molecule has 6 aliphatic rings. The first-order chi connectivity index (χ1) is 35.4. The zero-order chi connectivity index (χ0) is 51.6. The highest BCUT2D eigenvalue weighted by atomic mass is 32.2. The van der Waals surface area contributed by atoms with Crippen molar-refractivity contribution in [3.8, 4) is 11.6 Å². The van der Waals surface area contributed by atoms with Crippen LogP contribution in [0, 0.1) is 21.4 Å². The first-order valence-corrected chi connectivity index (χ1v) is 26.8. The summed E-state index contributed by atoms with van der Waals surface area (Å²) >= 11 is 0. The van der Waals surface area contributed by atoms with Crippen LogP contribution in [0.3, 0.4) is 0 Å². The Kier molecular flexibility index (Phi) is 13.2. The number of halogens is 3. The Labute approximate surface area is 425 Å². The van der Waals surface area contributed by atoms with Crippen molar-refractivity contribution in [3.63, 3.8) is 0 Å². The molecule has 0 bridgehead atoms. The number of ether oxygens (including phenoxy) is 4. The van der Waals surface area contributed by atoms with Crippen LogP contribution in [0.5, 0.6) is 11.6 Å². The molecule has 1 spiro atoms. The van der Waals surface area contributed by atoms with Gasteiger partial charge in [-0.2, -0.15) is 4.98 Å². The zero-order valence-corrected chi connectivity index (χ0v) is 41.6. The number of nitro benzene ring substituents is 1. The molecule has 4 aliphatic heterocycles. The topological polar surface area (TPSA) is 214 Å². The number of hydrogen-bond donors (Lipinski definition) is 4. The molecule has 18 nitrogen and oxygen atoms in total. The fourth-order valence-electron chi connectivity index (χ4n) is 12.2. The quantitative estimate of drug-likeness (QED) is 0.0683. The van der Waals surface area contributed by atoms with Gasteiger partial charge in [-0.15, -0.1) is 13.2 Å². The molecule has 5 fully saturated rings. The maximum absolute atomic E-state index is 14.7. The summed E-state index contributed by atoms with van der Waals surface area (Å²) in [5, 5.41) is 26.6. The number of amides is 1. The largest absolute Gasteiger partial charge is 0.573 e. The van der Waals surface area contributed by atoms with Crippen LogP contribution in [0.4, 0.5) is 41.6 Å². The van der Waals surface area contributed by atoms with Crippen LogP contribution in [-0.2, 0) is 19.5 Å². The number of nitrogens with one attached hydrogen (secondary N) is 3. The van der Waals surface area contributed by atoms with Gasteiger partial charge in [0, 0.05) is 67.7 Å². The number of nitrogens with zero attached hydrogens (tertiary/aromatic N) is 5. The van der Waals surface area contributed by atoms with Gasteiger partial charge in [-0.3, -0.25) is 19.8 Å². The second kappa shape index (κ2) is 19.5. The number of nitro groups is 1. The molecule has 3 atom stereocenters. The first-order valence-electron chi connectivity index (χ1n) is 25.3. The van der Waals surface area contributed by atoms with Gasteiger partial charge in [-0.05, 0) is 125 Å². The number of hydrogen-bond acceptors (Lipinski definition) is 15. The standard InChI is InChI=1S/C52H59F3N8O10S/c1-50(65)14-10-32(11-15-50)29-57-39-9-7-36(26-42(39)63(66)67)74(68,69)59-48(64)38-8-6-34(25-41(38)62-40-13-22-70-31-46(40)72-49-43(62)24-33-12-18-56-47(33)58-49)60-19-16-51(17-20-60)27-35(28-51)61-21-23-71-30-44(61)37-4-2-3-5-45(37)73-52(53,54)55/h2-9,12,18,24-26,32,35,40,44,46,57,65H,10-11,13-17,19-23,27-31H2,1H3,(H,56,58)(H,59,64)/t32?,40-,44-,46-,50?/m0/s1. The summed E-state index contributed by atoms with van der Waals surface area (Å²) in [6, 6.07) is 18.3. The van der Waals surface area contributed by atoms with Crippen LogP contribution in [0.2, 0.25) is 0 Å². The number of piperidine rings is 1. The molecule has 394 valence electrons. The Bertz CT molecular complexity index is 3040. The molecule has 11 rings (SSSR count). The molecule has 22 heteroatoms. The summed E-state index contributed by atoms with van der Waals surface area (Å²) in [6.07, 6.45) is 3.12. The van der Waals surface area contributed by atoms with Crippen molar-refractivity contribution in [1.82, 2.24) is 19.6 Å². The van der Waals surface area contributed by atoms with Gasteiger partial charge >= 0.3 is 6.36 Å². The summed E-state index contributed by atoms with van der Waals surface area (Å²) in [4.78, 5) is 40.4. The summed E-state index contributed by atoms with van der Waals surface area (Å²) in [6.45, 7) is 5.54. The van der Waals surface area contributed by atoms with Gasteiger partial charge in [0.1, 0.15) is 28.9 Å². The third kappa shape index (κ3) is 10.1. The number of aromatic amines is 1. The van der Waals surface area contributed by atoms with Crippen molar-refractivity contribution < 1.29 is 55.4 Å². The molecule has 4 N–H and O–H groups in total. The zero-order valence-electron chi connectivity index (χ0n) is 40.8. The monoisotopic (exact) mass is 1040 g/mol. The lowest BCUT2D eigenvalue weighted by Crippen LogP contribution is -2.58. The van der Waals surface area contributed by atoms with E-state index in [1.807, 2.05) is 23.1 Å². The van der Waals surface area contributed by atoms with Crippen molar-refractivity contribution in [2.24, 2.45) is 11.3 Å². The molecule has 1 amide bonds. The highest BCUT2D eigenvalue weighted by molar-refractivity contribution is 7.90. The number of pyridine rings is 1. The van der Waals surface area contributed by atoms with Gasteiger partial charge in [-0.1, -0.05) is 18.2 Å². The van der Waals surface area contributed by atoms with Crippen molar-refractivity contribution in [3.05, 3.63) is 100 Å². The van der Waals surface area contributed by atoms with Crippen molar-refractivity contribution in [1.29, 1.82) is 0 Å². The van der Waals surface area contributed by atoms with E-state index >= 15 is 0 Å². The summed E-state index contributed by atoms with van der Waals surface area (Å²) in [5.74, 6) is -0.682. The Balaban J connectivity index is 0.857. The van der Waals surface area contributed by atoms with Crippen molar-refractivity contribution in [2.45, 2.75) is 106 Å². The van der Waals surface area contributed by atoms with Crippen LogP contribution in [0.25, 0.3) is 11.0 Å². The molecule has 2 saturated carbocycles. The molecule has 6 heterocycles. The van der Waals surface area contributed by atoms with Crippen LogP contribution in [0.1, 0.15) is 86.7 Å². The van der Waals surface area contributed by atoms with E-state index in [0.717, 1.165) is 55.7 Å². The number of aromatic nitrogens is 2. The maximum Gasteiger partial charge on any atom is 0.573 e. The molecule has 74 heavy (non-hydrogen) atoms. The summed E-state index contributed by atoms with van der Waals surface area (Å²) in [5.41, 5.74) is 1.86. The molecule has 3 saturated heterocycles. The number of fused-ring (bicyclic) bond motifs is 3. The number of para-hydroxylation sites is 1. The molecule has 0 radical (unpaired) electrons. The second-order valence-corrected chi connectivity index (χ2v) is 22.7. The lowest BCUT2D eigenvalue weighted by molar-refractivity contribution is -0.384. The van der Waals surface area contributed by atoms with E-state index < -0.39 is 55.5 Å². The van der Waals surface area contributed by atoms with E-state index in [-0.39, 0.29) is 53.6 Å². The Morgan fingerprint density at radius 3 is 2.50 bits per heavy atom. The molecule has 3 aromatic carbocycles. The summed E-state index contributed by atoms with van der Waals surface area (Å²) in [7, 11) is -4.67. The highest BCUT2D eigenvalue weighted by Gasteiger charge is 2.50. The molecule has 2 aromatic heterocycles. The maximum atomic E-state index is 14.7. The lowest BCUT2D eigenvalue weighted by atomic mass is 9.59. The predicted molar refractivity (Wildman–Crippen MR) is 267 cm³/mol. The third-order valence-corrected chi connectivity index (χ3v) is 17.6. The first kappa shape index (κ1) is 50.0. The average Bonchev–Trinajstić information content (AvgIpc) is 3.83. The van der Waals surface area contributed by atoms with Crippen LogP contribution in [-0.4, -0.2) is 122 Å². The fourth-order valence-corrected chi connectivity index (χ4v) is 13.1. The molecular formula is C52H59F3N8O10S. The number of benzene rings is 3. The van der Waals surface area contributed by atoms with E-state index in [9.17, 15) is 41.6 Å². The lowest BCUT2D eigenvalue weighted by Gasteiger charge is -2.57. The minimum Gasteiger partial charge on any atom is -0.468 e. The van der Waals surface area contributed by atoms with Crippen molar-refractivity contribution >= 4 is 55.4 Å². The summed E-state index contributed by atoms with van der Waals surface area (Å²) < 4.78 is 93.4. The Hall–Kier alpha value is -6.20. The molecule has 5 aromatic rings. The van der Waals surface area contributed by atoms with Gasteiger partial charge in [0.15, 0.2) is 0 Å². The van der Waals surface area contributed by atoms with E-state index in [2.05, 4.69) is 29.6 Å². The van der Waals surface area contributed by atoms with E-state index in [4.69, 9.17) is 19.2 Å². The van der Waals surface area contributed by atoms with Gasteiger partial charge < -0.3 is 44.2 Å². The number of carbonyl (C=O) groups is 1. The van der Waals surface area contributed by atoms with Gasteiger partial charge in [0.05, 0.1) is 58.6 Å². The number of anilines is 4. The van der Waals surface area contributed by atoms with Crippen molar-refractivity contribution in [2.75, 3.05) is 67.7 Å². The minimum atomic E-state index is -4.83. The minimum absolute atomic E-state index is 0.0247. The number of aliphatic hydroxyl groups is 1. The normalized spacial score (nSPS) is 25.4. The molecule has 0 unspecified atom stereocenters. The number of alkyl halides is 3. The van der Waals surface area contributed by atoms with E-state index in [1.54, 1.807) is 37.4 Å². The van der Waals surface area contributed by atoms with Crippen LogP contribution >= 0.6 is 0 Å². The van der Waals surface area contributed by atoms with Gasteiger partial charge in [0.2, 0.25) is 5.88 Å². The molecular weight excluding hydrogens is 986 g/mol. The smallest absolute Gasteiger partial charge is 0.468 e. The van der Waals surface area contributed by atoms with E-state index in [0.29, 0.717) is 87.1 Å². The van der Waals surface area contributed by atoms with Crippen LogP contribution in [0.15, 0.2) is 83.9 Å². The Morgan fingerprint density at radius 1 is 0.959 bits per heavy atom. The second-order valence-electron chi connectivity index (χ2n) is 21.0. The Morgan fingerprint density at radius 2 is 1.73 bits per heavy atom. The molecule has 2 aliphatic carbocycles. The predicted octanol–water partition coefficient (Wildman–Crippen LogP) is 8.35. The SMILES string of the molecule is CC1(O)CCC(CNc2ccc(S(=O)(=O)NC(=O)c3ccc(N4CCC5(CC4)CC(N4CCOC[C@H]4c4ccccc4OC(F)(F)F)C5)cc3N3c4cc5cc[nH]c5nc4O[C@H]4COCC[C@@H]43)cc2[N+](=O)[O-])CC1. The van der Waals surface area contributed by atoms with Gasteiger partial charge in [-0.25, -0.2) is 13.1 Å². The number of morpholine rings is 1. The average molecular weight is 1050 g/mol. The third-order valence-electron chi connectivity index (χ3n) is 16.2. The highest BCUT2D eigenvalue weighted by Crippen LogP contribution is 2.54. The van der Waals surface area contributed by atoms with E-state index in [1.165, 1.54) is 24.3 Å². The number of H-pyrrole nitrogens is 1.